The number of rotatable bonds is 4. The summed E-state index contributed by atoms with van der Waals surface area (Å²) in [6.07, 6.45) is 1.18. The van der Waals surface area contributed by atoms with Gasteiger partial charge in [-0.1, -0.05) is 53.0 Å². The second-order valence-electron chi connectivity index (χ2n) is 4.70. The number of aromatic nitrogens is 1. The first-order valence-corrected chi connectivity index (χ1v) is 8.43. The maximum Gasteiger partial charge on any atom is 0.242 e. The van der Waals surface area contributed by atoms with Crippen LogP contribution in [0.5, 0.6) is 0 Å². The van der Waals surface area contributed by atoms with E-state index < -0.39 is 10.0 Å². The molecule has 1 N–H and O–H groups in total. The Morgan fingerprint density at radius 1 is 1.19 bits per heavy atom. The first-order chi connectivity index (χ1) is 9.79. The molecule has 0 amide bonds. The van der Waals surface area contributed by atoms with Gasteiger partial charge in [0.15, 0.2) is 0 Å². The third-order valence-electron chi connectivity index (χ3n) is 2.99. The molecule has 4 nitrogen and oxygen atoms in total. The molecule has 0 spiro atoms. The number of halogens is 2. The summed E-state index contributed by atoms with van der Waals surface area (Å²) in [7, 11) is -3.71. The van der Waals surface area contributed by atoms with Gasteiger partial charge in [0.2, 0.25) is 10.0 Å². The molecule has 0 aliphatic carbocycles. The van der Waals surface area contributed by atoms with E-state index in [4.69, 9.17) is 23.2 Å². The van der Waals surface area contributed by atoms with E-state index >= 15 is 0 Å². The van der Waals surface area contributed by atoms with Crippen LogP contribution in [-0.2, 0) is 10.0 Å². The highest BCUT2D eigenvalue weighted by molar-refractivity contribution is 7.89. The third-order valence-corrected chi connectivity index (χ3v) is 5.18. The lowest BCUT2D eigenvalue weighted by Crippen LogP contribution is -2.27. The Morgan fingerprint density at radius 2 is 1.81 bits per heavy atom. The molecule has 1 heterocycles. The number of hydrogen-bond acceptors (Lipinski definition) is 3. The quantitative estimate of drug-likeness (QED) is 0.859. The average molecular weight is 345 g/mol. The van der Waals surface area contributed by atoms with Gasteiger partial charge in [-0.25, -0.2) is 18.1 Å². The van der Waals surface area contributed by atoms with Crippen molar-refractivity contribution in [3.8, 4) is 0 Å². The summed E-state index contributed by atoms with van der Waals surface area (Å²) in [5.41, 5.74) is 1.99. The fourth-order valence-corrected chi connectivity index (χ4v) is 3.31. The maximum absolute atomic E-state index is 12.3. The molecule has 0 aliphatic rings. The number of hydrogen-bond donors (Lipinski definition) is 1. The van der Waals surface area contributed by atoms with Crippen molar-refractivity contribution in [3.63, 3.8) is 0 Å². The zero-order chi connectivity index (χ0) is 15.6. The maximum atomic E-state index is 12.3. The lowest BCUT2D eigenvalue weighted by molar-refractivity contribution is 0.566. The van der Waals surface area contributed by atoms with Crippen molar-refractivity contribution in [2.75, 3.05) is 0 Å². The average Bonchev–Trinajstić information content (AvgIpc) is 2.42. The largest absolute Gasteiger partial charge is 0.242 e. The summed E-state index contributed by atoms with van der Waals surface area (Å²) in [5, 5.41) is 0.171. The SMILES string of the molecule is Cc1ccc(C(C)NS(=O)(=O)c2cnc(Cl)c(Cl)c2)cc1. The molecule has 112 valence electrons. The van der Waals surface area contributed by atoms with Crippen molar-refractivity contribution >= 4 is 33.2 Å². The minimum absolute atomic E-state index is 0.0177. The monoisotopic (exact) mass is 344 g/mol. The Balaban J connectivity index is 2.24. The highest BCUT2D eigenvalue weighted by Crippen LogP contribution is 2.23. The van der Waals surface area contributed by atoms with Crippen LogP contribution in [0.2, 0.25) is 10.2 Å². The van der Waals surface area contributed by atoms with Crippen molar-refractivity contribution in [3.05, 3.63) is 57.8 Å². The van der Waals surface area contributed by atoms with Crippen LogP contribution in [-0.4, -0.2) is 13.4 Å². The molecule has 2 aromatic rings. The zero-order valence-corrected chi connectivity index (χ0v) is 13.8. The van der Waals surface area contributed by atoms with Crippen LogP contribution in [0.4, 0.5) is 0 Å². The number of pyridine rings is 1. The summed E-state index contributed by atoms with van der Waals surface area (Å²) < 4.78 is 27.2. The van der Waals surface area contributed by atoms with Crippen LogP contribution in [0.25, 0.3) is 0 Å². The first-order valence-electron chi connectivity index (χ1n) is 6.19. The summed E-state index contributed by atoms with van der Waals surface area (Å²) >= 11 is 11.5. The Bertz CT molecular complexity index is 746. The van der Waals surface area contributed by atoms with Gasteiger partial charge in [0.25, 0.3) is 0 Å². The van der Waals surface area contributed by atoms with Gasteiger partial charge in [0, 0.05) is 12.2 Å². The van der Waals surface area contributed by atoms with E-state index in [1.54, 1.807) is 6.92 Å². The standard InChI is InChI=1S/C14H14Cl2N2O2S/c1-9-3-5-11(6-4-9)10(2)18-21(19,20)12-7-13(15)14(16)17-8-12/h3-8,10,18H,1-2H3. The first kappa shape index (κ1) is 16.2. The van der Waals surface area contributed by atoms with Gasteiger partial charge < -0.3 is 0 Å². The van der Waals surface area contributed by atoms with Gasteiger partial charge in [-0.15, -0.1) is 0 Å². The molecular formula is C14H14Cl2N2O2S. The summed E-state index contributed by atoms with van der Waals surface area (Å²) in [6.45, 7) is 3.74. The normalized spacial score (nSPS) is 13.1. The van der Waals surface area contributed by atoms with E-state index in [1.807, 2.05) is 31.2 Å². The molecule has 0 bridgehead atoms. The number of sulfonamides is 1. The Labute approximate surface area is 134 Å². The molecule has 7 heteroatoms. The van der Waals surface area contributed by atoms with E-state index in [2.05, 4.69) is 9.71 Å². The molecule has 0 aliphatic heterocycles. The van der Waals surface area contributed by atoms with E-state index in [-0.39, 0.29) is 21.1 Å². The summed E-state index contributed by atoms with van der Waals surface area (Å²) in [4.78, 5) is 3.73. The van der Waals surface area contributed by atoms with E-state index in [0.717, 1.165) is 11.1 Å². The highest BCUT2D eigenvalue weighted by atomic mass is 35.5. The van der Waals surface area contributed by atoms with Crippen molar-refractivity contribution in [1.29, 1.82) is 0 Å². The van der Waals surface area contributed by atoms with Crippen molar-refractivity contribution in [1.82, 2.24) is 9.71 Å². The molecule has 0 saturated heterocycles. The Hall–Kier alpha value is -1.14. The second-order valence-corrected chi connectivity index (χ2v) is 7.18. The number of benzene rings is 1. The molecule has 1 aromatic heterocycles. The van der Waals surface area contributed by atoms with Gasteiger partial charge in [-0.05, 0) is 25.5 Å². The number of nitrogens with one attached hydrogen (secondary N) is 1. The Kier molecular flexibility index (Phi) is 4.88. The number of nitrogens with zero attached hydrogens (tertiary/aromatic N) is 1. The smallest absolute Gasteiger partial charge is 0.242 e. The lowest BCUT2D eigenvalue weighted by Gasteiger charge is -2.15. The molecule has 0 saturated carbocycles. The predicted octanol–water partition coefficient (Wildman–Crippen LogP) is 3.74. The van der Waals surface area contributed by atoms with Crippen molar-refractivity contribution < 1.29 is 8.42 Å². The van der Waals surface area contributed by atoms with E-state index in [1.165, 1.54) is 12.3 Å². The molecule has 2 rings (SSSR count). The molecule has 21 heavy (non-hydrogen) atoms. The van der Waals surface area contributed by atoms with E-state index in [0.29, 0.717) is 0 Å². The van der Waals surface area contributed by atoms with Crippen molar-refractivity contribution in [2.45, 2.75) is 24.8 Å². The molecule has 1 unspecified atom stereocenters. The van der Waals surface area contributed by atoms with Gasteiger partial charge in [-0.2, -0.15) is 0 Å². The fraction of sp³-hybridized carbons (Fsp3) is 0.214. The highest BCUT2D eigenvalue weighted by Gasteiger charge is 2.19. The van der Waals surface area contributed by atoms with Crippen molar-refractivity contribution in [2.24, 2.45) is 0 Å². The van der Waals surface area contributed by atoms with Crippen LogP contribution in [0.15, 0.2) is 41.4 Å². The number of aryl methyl sites for hydroxylation is 1. The fourth-order valence-electron chi connectivity index (χ4n) is 1.77. The van der Waals surface area contributed by atoms with E-state index in [9.17, 15) is 8.42 Å². The Morgan fingerprint density at radius 3 is 2.38 bits per heavy atom. The summed E-state index contributed by atoms with van der Waals surface area (Å²) in [5.74, 6) is 0. The molecule has 0 fully saturated rings. The minimum atomic E-state index is -3.71. The molecule has 1 atom stereocenters. The molecule has 0 radical (unpaired) electrons. The van der Waals surface area contributed by atoms with Crippen LogP contribution in [0, 0.1) is 6.92 Å². The van der Waals surface area contributed by atoms with Crippen LogP contribution in [0.1, 0.15) is 24.1 Å². The minimum Gasteiger partial charge on any atom is -0.242 e. The third kappa shape index (κ3) is 3.95. The zero-order valence-electron chi connectivity index (χ0n) is 11.5. The van der Waals surface area contributed by atoms with Crippen LogP contribution in [0.3, 0.4) is 0 Å². The predicted molar refractivity (Wildman–Crippen MR) is 84.2 cm³/mol. The molecule has 1 aromatic carbocycles. The molecular weight excluding hydrogens is 331 g/mol. The van der Waals surface area contributed by atoms with Crippen LogP contribution >= 0.6 is 23.2 Å². The van der Waals surface area contributed by atoms with Gasteiger partial charge in [-0.3, -0.25) is 0 Å². The van der Waals surface area contributed by atoms with Crippen LogP contribution < -0.4 is 4.72 Å². The van der Waals surface area contributed by atoms with Gasteiger partial charge in [0.1, 0.15) is 10.0 Å². The second kappa shape index (κ2) is 6.32. The van der Waals surface area contributed by atoms with Gasteiger partial charge in [0.05, 0.1) is 5.02 Å². The topological polar surface area (TPSA) is 59.1 Å². The lowest BCUT2D eigenvalue weighted by atomic mass is 10.1. The van der Waals surface area contributed by atoms with Gasteiger partial charge >= 0.3 is 0 Å². The summed E-state index contributed by atoms with van der Waals surface area (Å²) in [6, 6.07) is 8.54.